The van der Waals surface area contributed by atoms with E-state index in [2.05, 4.69) is 19.2 Å². The second kappa shape index (κ2) is 7.57. The molecule has 4 nitrogen and oxygen atoms in total. The highest BCUT2D eigenvalue weighted by Crippen LogP contribution is 2.31. The standard InChI is InChI=1S/C17H18Cl2N2O2/c1-10(2)11-4-3-5-13(6-11)23-9-16(22)21-12-7-14(18)17(20)15(19)8-12/h3-8,10H,9,20H2,1-2H3,(H,21,22). The number of amides is 1. The Hall–Kier alpha value is -1.91. The Balaban J connectivity index is 1.97. The van der Waals surface area contributed by atoms with Gasteiger partial charge in [-0.1, -0.05) is 49.2 Å². The molecule has 0 saturated heterocycles. The van der Waals surface area contributed by atoms with Gasteiger partial charge in [0, 0.05) is 5.69 Å². The number of halogens is 2. The molecular formula is C17H18Cl2N2O2. The van der Waals surface area contributed by atoms with Gasteiger partial charge in [-0.3, -0.25) is 4.79 Å². The third-order valence-electron chi connectivity index (χ3n) is 3.26. The van der Waals surface area contributed by atoms with Gasteiger partial charge in [0.1, 0.15) is 5.75 Å². The molecule has 1 amide bonds. The highest BCUT2D eigenvalue weighted by atomic mass is 35.5. The van der Waals surface area contributed by atoms with Crippen molar-refractivity contribution in [2.45, 2.75) is 19.8 Å². The van der Waals surface area contributed by atoms with E-state index >= 15 is 0 Å². The lowest BCUT2D eigenvalue weighted by molar-refractivity contribution is -0.118. The molecule has 2 aromatic rings. The maximum absolute atomic E-state index is 12.0. The molecule has 122 valence electrons. The Bertz CT molecular complexity index is 694. The van der Waals surface area contributed by atoms with Crippen LogP contribution in [0, 0.1) is 0 Å². The molecule has 0 aliphatic carbocycles. The average molecular weight is 353 g/mol. The number of anilines is 2. The Morgan fingerprint density at radius 3 is 2.48 bits per heavy atom. The molecule has 2 rings (SSSR count). The van der Waals surface area contributed by atoms with Crippen molar-refractivity contribution in [1.82, 2.24) is 0 Å². The topological polar surface area (TPSA) is 64.3 Å². The minimum atomic E-state index is -0.308. The number of nitrogens with one attached hydrogen (secondary N) is 1. The van der Waals surface area contributed by atoms with Gasteiger partial charge in [0.05, 0.1) is 15.7 Å². The monoisotopic (exact) mass is 352 g/mol. The van der Waals surface area contributed by atoms with Gasteiger partial charge in [-0.05, 0) is 35.7 Å². The van der Waals surface area contributed by atoms with Crippen molar-refractivity contribution in [1.29, 1.82) is 0 Å². The summed E-state index contributed by atoms with van der Waals surface area (Å²) in [6.07, 6.45) is 0. The number of nitrogens with two attached hydrogens (primary N) is 1. The number of hydrogen-bond acceptors (Lipinski definition) is 3. The molecule has 23 heavy (non-hydrogen) atoms. The van der Waals surface area contributed by atoms with Crippen molar-refractivity contribution < 1.29 is 9.53 Å². The zero-order chi connectivity index (χ0) is 17.0. The number of hydrogen-bond donors (Lipinski definition) is 2. The fraction of sp³-hybridized carbons (Fsp3) is 0.235. The van der Waals surface area contributed by atoms with Crippen LogP contribution in [-0.4, -0.2) is 12.5 Å². The SMILES string of the molecule is CC(C)c1cccc(OCC(=O)Nc2cc(Cl)c(N)c(Cl)c2)c1. The Morgan fingerprint density at radius 2 is 1.87 bits per heavy atom. The molecule has 0 aliphatic rings. The van der Waals surface area contributed by atoms with Crippen LogP contribution in [-0.2, 0) is 4.79 Å². The van der Waals surface area contributed by atoms with E-state index in [-0.39, 0.29) is 18.2 Å². The molecule has 0 fully saturated rings. The molecule has 0 saturated carbocycles. The van der Waals surface area contributed by atoms with Crippen molar-refractivity contribution in [3.05, 3.63) is 52.0 Å². The minimum Gasteiger partial charge on any atom is -0.484 e. The first-order chi connectivity index (χ1) is 10.9. The predicted octanol–water partition coefficient (Wildman–Crippen LogP) is 4.72. The smallest absolute Gasteiger partial charge is 0.262 e. The second-order valence-corrected chi connectivity index (χ2v) is 6.23. The van der Waals surface area contributed by atoms with Crippen molar-refractivity contribution in [2.24, 2.45) is 0 Å². The van der Waals surface area contributed by atoms with E-state index in [9.17, 15) is 4.79 Å². The number of nitrogen functional groups attached to an aromatic ring is 1. The Morgan fingerprint density at radius 1 is 1.22 bits per heavy atom. The molecule has 0 unspecified atom stereocenters. The maximum Gasteiger partial charge on any atom is 0.262 e. The van der Waals surface area contributed by atoms with E-state index in [0.717, 1.165) is 5.56 Å². The molecule has 0 heterocycles. The molecular weight excluding hydrogens is 335 g/mol. The number of rotatable bonds is 5. The van der Waals surface area contributed by atoms with Crippen LogP contribution < -0.4 is 15.8 Å². The van der Waals surface area contributed by atoms with Crippen molar-refractivity contribution in [3.8, 4) is 5.75 Å². The molecule has 0 atom stereocenters. The van der Waals surface area contributed by atoms with E-state index in [1.165, 1.54) is 0 Å². The zero-order valence-corrected chi connectivity index (χ0v) is 14.4. The fourth-order valence-corrected chi connectivity index (χ4v) is 2.45. The third-order valence-corrected chi connectivity index (χ3v) is 3.88. The van der Waals surface area contributed by atoms with Gasteiger partial charge in [0.15, 0.2) is 6.61 Å². The van der Waals surface area contributed by atoms with Crippen molar-refractivity contribution >= 4 is 40.5 Å². The minimum absolute atomic E-state index is 0.110. The number of ether oxygens (including phenoxy) is 1. The largest absolute Gasteiger partial charge is 0.484 e. The lowest BCUT2D eigenvalue weighted by Gasteiger charge is -2.11. The summed E-state index contributed by atoms with van der Waals surface area (Å²) in [5.41, 5.74) is 7.56. The van der Waals surface area contributed by atoms with Crippen molar-refractivity contribution in [2.75, 3.05) is 17.7 Å². The van der Waals surface area contributed by atoms with Gasteiger partial charge in [-0.25, -0.2) is 0 Å². The quantitative estimate of drug-likeness (QED) is 0.765. The van der Waals surface area contributed by atoms with Crippen LogP contribution >= 0.6 is 23.2 Å². The molecule has 2 aromatic carbocycles. The van der Waals surface area contributed by atoms with Gasteiger partial charge < -0.3 is 15.8 Å². The number of benzene rings is 2. The van der Waals surface area contributed by atoms with E-state index in [1.54, 1.807) is 12.1 Å². The Labute approximate surface area is 145 Å². The van der Waals surface area contributed by atoms with Crippen LogP contribution in [0.3, 0.4) is 0 Å². The molecule has 0 aromatic heterocycles. The van der Waals surface area contributed by atoms with Crippen LogP contribution in [0.4, 0.5) is 11.4 Å². The summed E-state index contributed by atoms with van der Waals surface area (Å²) in [6.45, 7) is 4.09. The van der Waals surface area contributed by atoms with Gasteiger partial charge >= 0.3 is 0 Å². The summed E-state index contributed by atoms with van der Waals surface area (Å²) in [7, 11) is 0. The van der Waals surface area contributed by atoms with Gasteiger partial charge in [0.25, 0.3) is 5.91 Å². The lowest BCUT2D eigenvalue weighted by Crippen LogP contribution is -2.20. The first-order valence-corrected chi connectivity index (χ1v) is 7.89. The van der Waals surface area contributed by atoms with E-state index in [0.29, 0.717) is 27.4 Å². The summed E-state index contributed by atoms with van der Waals surface area (Å²) in [5, 5.41) is 3.25. The van der Waals surface area contributed by atoms with Crippen LogP contribution in [0.2, 0.25) is 10.0 Å². The van der Waals surface area contributed by atoms with Crippen LogP contribution in [0.25, 0.3) is 0 Å². The first kappa shape index (κ1) is 17.4. The third kappa shape index (κ3) is 4.78. The zero-order valence-electron chi connectivity index (χ0n) is 12.9. The van der Waals surface area contributed by atoms with Crippen molar-refractivity contribution in [3.63, 3.8) is 0 Å². The summed E-state index contributed by atoms with van der Waals surface area (Å²) in [6, 6.07) is 10.8. The van der Waals surface area contributed by atoms with Crippen LogP contribution in [0.1, 0.15) is 25.3 Å². The lowest BCUT2D eigenvalue weighted by atomic mass is 10.0. The number of carbonyl (C=O) groups is 1. The van der Waals surface area contributed by atoms with Crippen LogP contribution in [0.5, 0.6) is 5.75 Å². The van der Waals surface area contributed by atoms with Gasteiger partial charge in [-0.15, -0.1) is 0 Å². The first-order valence-electron chi connectivity index (χ1n) is 7.14. The maximum atomic E-state index is 12.0. The Kier molecular flexibility index (Phi) is 5.74. The molecule has 0 bridgehead atoms. The highest BCUT2D eigenvalue weighted by Gasteiger charge is 2.09. The summed E-state index contributed by atoms with van der Waals surface area (Å²) in [4.78, 5) is 12.0. The molecule has 3 N–H and O–H groups in total. The van der Waals surface area contributed by atoms with E-state index in [1.807, 2.05) is 24.3 Å². The molecule has 0 radical (unpaired) electrons. The second-order valence-electron chi connectivity index (χ2n) is 5.42. The average Bonchev–Trinajstić information content (AvgIpc) is 2.51. The van der Waals surface area contributed by atoms with Gasteiger partial charge in [0.2, 0.25) is 0 Å². The van der Waals surface area contributed by atoms with Crippen LogP contribution in [0.15, 0.2) is 36.4 Å². The van der Waals surface area contributed by atoms with E-state index in [4.69, 9.17) is 33.7 Å². The molecule has 0 spiro atoms. The normalized spacial score (nSPS) is 10.7. The predicted molar refractivity (Wildman–Crippen MR) is 95.5 cm³/mol. The fourth-order valence-electron chi connectivity index (χ4n) is 1.97. The van der Waals surface area contributed by atoms with Gasteiger partial charge in [-0.2, -0.15) is 0 Å². The highest BCUT2D eigenvalue weighted by molar-refractivity contribution is 6.39. The molecule has 0 aliphatic heterocycles. The number of carbonyl (C=O) groups excluding carboxylic acids is 1. The summed E-state index contributed by atoms with van der Waals surface area (Å²) < 4.78 is 5.51. The molecule has 6 heteroatoms. The summed E-state index contributed by atoms with van der Waals surface area (Å²) >= 11 is 11.9. The summed E-state index contributed by atoms with van der Waals surface area (Å²) in [5.74, 6) is 0.739. The van der Waals surface area contributed by atoms with E-state index < -0.39 is 0 Å².